The van der Waals surface area contributed by atoms with E-state index in [-0.39, 0.29) is 18.1 Å². The number of phosphoric ester groups is 1. The number of hydrogen-bond acceptors (Lipinski definition) is 11. The highest BCUT2D eigenvalue weighted by Gasteiger charge is 2.57. The molecule has 2 heterocycles. The second kappa shape index (κ2) is 9.10. The minimum Gasteiger partial charge on any atom is -0.387 e. The summed E-state index contributed by atoms with van der Waals surface area (Å²) in [5.41, 5.74) is 3.57. The topological polar surface area (TPSA) is 231 Å². The molecule has 19 heteroatoms. The van der Waals surface area contributed by atoms with Crippen LogP contribution in [0.1, 0.15) is 13.3 Å². The van der Waals surface area contributed by atoms with Gasteiger partial charge in [-0.2, -0.15) is 8.62 Å². The number of halogens is 1. The largest absolute Gasteiger partial charge is 0.490 e. The fourth-order valence-electron chi connectivity index (χ4n) is 2.76. The van der Waals surface area contributed by atoms with Crippen LogP contribution < -0.4 is 5.73 Å². The van der Waals surface area contributed by atoms with E-state index in [0.29, 0.717) is 0 Å². The minimum absolute atomic E-state index is 0.0142. The normalized spacial score (nSPS) is 33.1. The number of nitrogens with two attached hydrogens (primary N) is 1. The van der Waals surface area contributed by atoms with Crippen LogP contribution >= 0.6 is 23.5 Å². The number of aliphatic imine (C=N–C) groups is 1. The number of aliphatic hydroxyl groups is 1. The average Bonchev–Trinajstić information content (AvgIpc) is 2.82. The van der Waals surface area contributed by atoms with E-state index in [9.17, 15) is 33.0 Å². The van der Waals surface area contributed by atoms with Gasteiger partial charge in [-0.15, -0.1) is 0 Å². The standard InChI is InChI=1S/C12H21FN3O12P3/c1-3-12(6-25-30(21,22)28-31(23,24)27-29(18,19)20)10(17)9(13)11(26-12)16-5-4-8(14)15-7(16)2/h4-5,9-11,17H,2-3,6H2,1H3,(H2,14,15)(H,21,22)(H,23,24)(H2,18,19,20)/t9-,10-,11+,12+/m0/s1. The van der Waals surface area contributed by atoms with E-state index in [0.717, 1.165) is 4.90 Å². The van der Waals surface area contributed by atoms with Crippen LogP contribution in [-0.2, 0) is 31.6 Å². The van der Waals surface area contributed by atoms with Crippen LogP contribution in [0.2, 0.25) is 0 Å². The maximum absolute atomic E-state index is 14.8. The fourth-order valence-corrected chi connectivity index (χ4v) is 5.83. The predicted molar refractivity (Wildman–Crippen MR) is 100 cm³/mol. The molecule has 0 aromatic heterocycles. The number of rotatable bonds is 9. The minimum atomic E-state index is -5.74. The van der Waals surface area contributed by atoms with Gasteiger partial charge in [0.1, 0.15) is 23.4 Å². The first kappa shape index (κ1) is 26.3. The van der Waals surface area contributed by atoms with E-state index >= 15 is 0 Å². The molecule has 0 aromatic rings. The summed E-state index contributed by atoms with van der Waals surface area (Å²) >= 11 is 0. The molecule has 2 aliphatic rings. The van der Waals surface area contributed by atoms with E-state index in [1.165, 1.54) is 19.2 Å². The lowest BCUT2D eigenvalue weighted by Crippen LogP contribution is -2.45. The molecule has 0 saturated carbocycles. The Hall–Kier alpha value is -0.990. The summed E-state index contributed by atoms with van der Waals surface area (Å²) < 4.78 is 66.1. The summed E-state index contributed by atoms with van der Waals surface area (Å²) in [6.45, 7) is 3.98. The van der Waals surface area contributed by atoms with Gasteiger partial charge < -0.3 is 40.1 Å². The van der Waals surface area contributed by atoms with E-state index in [4.69, 9.17) is 20.3 Å². The molecule has 6 atom stereocenters. The number of nitrogens with zero attached hydrogens (tertiary/aromatic N) is 2. The maximum Gasteiger partial charge on any atom is 0.490 e. The zero-order valence-electron chi connectivity index (χ0n) is 15.8. The Morgan fingerprint density at radius 1 is 1.29 bits per heavy atom. The Morgan fingerprint density at radius 3 is 2.42 bits per heavy atom. The second-order valence-corrected chi connectivity index (χ2v) is 10.8. The van der Waals surface area contributed by atoms with Crippen molar-refractivity contribution in [1.29, 1.82) is 0 Å². The van der Waals surface area contributed by atoms with Gasteiger partial charge in [-0.05, 0) is 12.5 Å². The number of aliphatic hydroxyl groups excluding tert-OH is 1. The van der Waals surface area contributed by atoms with Crippen molar-refractivity contribution >= 4 is 29.3 Å². The van der Waals surface area contributed by atoms with E-state index < -0.39 is 54.2 Å². The highest BCUT2D eigenvalue weighted by molar-refractivity contribution is 7.66. The van der Waals surface area contributed by atoms with Gasteiger partial charge in [0.2, 0.25) is 0 Å². The molecule has 0 aromatic carbocycles. The van der Waals surface area contributed by atoms with E-state index in [1.54, 1.807) is 0 Å². The Bertz CT molecular complexity index is 924. The Morgan fingerprint density at radius 2 is 1.90 bits per heavy atom. The zero-order chi connectivity index (χ0) is 23.8. The van der Waals surface area contributed by atoms with Crippen molar-refractivity contribution in [3.8, 4) is 0 Å². The Balaban J connectivity index is 2.14. The average molecular weight is 511 g/mol. The predicted octanol–water partition coefficient (Wildman–Crippen LogP) is 0.191. The number of alkyl halides is 1. The first-order chi connectivity index (χ1) is 14.0. The molecule has 15 nitrogen and oxygen atoms in total. The number of phosphoric acid groups is 3. The summed E-state index contributed by atoms with van der Waals surface area (Å²) in [5.74, 6) is 0.0734. The molecule has 0 spiro atoms. The van der Waals surface area contributed by atoms with Crippen molar-refractivity contribution < 1.29 is 60.6 Å². The molecule has 1 fully saturated rings. The van der Waals surface area contributed by atoms with Crippen LogP contribution in [-0.4, -0.2) is 66.1 Å². The van der Waals surface area contributed by atoms with Crippen LogP contribution in [0.5, 0.6) is 0 Å². The summed E-state index contributed by atoms with van der Waals surface area (Å²) in [6.07, 6.45) is -3.03. The first-order valence-corrected chi connectivity index (χ1v) is 12.8. The summed E-state index contributed by atoms with van der Waals surface area (Å²) in [6, 6.07) is 0. The third-order valence-electron chi connectivity index (χ3n) is 4.19. The van der Waals surface area contributed by atoms with E-state index in [2.05, 4.69) is 24.7 Å². The lowest BCUT2D eigenvalue weighted by molar-refractivity contribution is -0.133. The molecule has 7 N–H and O–H groups in total. The highest BCUT2D eigenvalue weighted by Crippen LogP contribution is 2.66. The van der Waals surface area contributed by atoms with Gasteiger partial charge in [0.15, 0.2) is 12.4 Å². The van der Waals surface area contributed by atoms with Crippen LogP contribution in [0, 0.1) is 0 Å². The van der Waals surface area contributed by atoms with Gasteiger partial charge >= 0.3 is 23.5 Å². The SMILES string of the molecule is C=C1N=C(N)C=CN1[C@@H]1O[C@](CC)(COP(=O)(O)OP(=O)(O)OP(=O)(O)O)[C@@H](O)[C@@H]1F. The molecular weight excluding hydrogens is 490 g/mol. The number of amidine groups is 1. The number of ether oxygens (including phenoxy) is 1. The molecule has 178 valence electrons. The summed E-state index contributed by atoms with van der Waals surface area (Å²) in [7, 11) is -16.8. The lowest BCUT2D eigenvalue weighted by atomic mass is 9.94. The Kier molecular flexibility index (Phi) is 7.71. The van der Waals surface area contributed by atoms with Gasteiger partial charge in [0, 0.05) is 6.20 Å². The van der Waals surface area contributed by atoms with Gasteiger partial charge in [-0.25, -0.2) is 23.1 Å². The van der Waals surface area contributed by atoms with Gasteiger partial charge in [0.05, 0.1) is 6.61 Å². The van der Waals surface area contributed by atoms with Crippen molar-refractivity contribution in [2.75, 3.05) is 6.61 Å². The molecule has 0 aliphatic carbocycles. The monoisotopic (exact) mass is 511 g/mol. The number of hydrogen-bond donors (Lipinski definition) is 6. The van der Waals surface area contributed by atoms with Crippen LogP contribution in [0.15, 0.2) is 29.7 Å². The maximum atomic E-state index is 14.8. The van der Waals surface area contributed by atoms with Crippen LogP contribution in [0.4, 0.5) is 4.39 Å². The second-order valence-electron chi connectivity index (χ2n) is 6.36. The molecule has 31 heavy (non-hydrogen) atoms. The van der Waals surface area contributed by atoms with Crippen molar-refractivity contribution in [3.05, 3.63) is 24.7 Å². The van der Waals surface area contributed by atoms with Crippen LogP contribution in [0.25, 0.3) is 0 Å². The van der Waals surface area contributed by atoms with Gasteiger partial charge in [-0.3, -0.25) is 4.52 Å². The summed E-state index contributed by atoms with van der Waals surface area (Å²) in [4.78, 5) is 40.8. The summed E-state index contributed by atoms with van der Waals surface area (Å²) in [5, 5.41) is 10.4. The van der Waals surface area contributed by atoms with Crippen molar-refractivity contribution in [1.82, 2.24) is 4.90 Å². The molecule has 2 aliphatic heterocycles. The molecule has 0 bridgehead atoms. The molecule has 0 amide bonds. The van der Waals surface area contributed by atoms with Gasteiger partial charge in [0.25, 0.3) is 0 Å². The fraction of sp³-hybridized carbons (Fsp3) is 0.583. The van der Waals surface area contributed by atoms with Crippen molar-refractivity contribution in [2.24, 2.45) is 10.7 Å². The smallest absolute Gasteiger partial charge is 0.387 e. The Labute approximate surface area is 175 Å². The first-order valence-electron chi connectivity index (χ1n) is 8.29. The third kappa shape index (κ3) is 6.51. The molecule has 2 unspecified atom stereocenters. The zero-order valence-corrected chi connectivity index (χ0v) is 18.5. The van der Waals surface area contributed by atoms with Crippen molar-refractivity contribution in [2.45, 2.75) is 37.4 Å². The molecule has 1 saturated heterocycles. The van der Waals surface area contributed by atoms with Crippen LogP contribution in [0.3, 0.4) is 0 Å². The van der Waals surface area contributed by atoms with Gasteiger partial charge in [-0.1, -0.05) is 13.5 Å². The molecule has 0 radical (unpaired) electrons. The molecular formula is C12H21FN3O12P3. The van der Waals surface area contributed by atoms with E-state index in [1.807, 2.05) is 0 Å². The molecule has 2 rings (SSSR count). The van der Waals surface area contributed by atoms with Crippen molar-refractivity contribution in [3.63, 3.8) is 0 Å². The quantitative estimate of drug-likeness (QED) is 0.227. The highest BCUT2D eigenvalue weighted by atomic mass is 31.3. The third-order valence-corrected chi connectivity index (χ3v) is 7.97. The lowest BCUT2D eigenvalue weighted by Gasteiger charge is -2.33.